The van der Waals surface area contributed by atoms with Crippen molar-refractivity contribution in [2.45, 2.75) is 17.8 Å². The van der Waals surface area contributed by atoms with Crippen molar-refractivity contribution in [3.8, 4) is 0 Å². The van der Waals surface area contributed by atoms with E-state index in [1.54, 1.807) is 4.90 Å². The van der Waals surface area contributed by atoms with Gasteiger partial charge in [0.1, 0.15) is 6.61 Å². The van der Waals surface area contributed by atoms with Gasteiger partial charge < -0.3 is 14.6 Å². The number of benzene rings is 1. The number of fused-ring (bicyclic) bond motifs is 1. The zero-order valence-electron chi connectivity index (χ0n) is 12.0. The Balaban J connectivity index is 1.57. The van der Waals surface area contributed by atoms with Gasteiger partial charge in [0.2, 0.25) is 0 Å². The highest BCUT2D eigenvalue weighted by Gasteiger charge is 2.30. The summed E-state index contributed by atoms with van der Waals surface area (Å²) in [6.07, 6.45) is -3.90. The molecule has 2 aromatic rings. The lowest BCUT2D eigenvalue weighted by Crippen LogP contribution is -2.25. The number of aromatic nitrogens is 2. The molecule has 9 heteroatoms. The first kappa shape index (κ1) is 16.0. The molecule has 1 aliphatic rings. The average Bonchev–Trinajstić information content (AvgIpc) is 3.07. The van der Waals surface area contributed by atoms with Gasteiger partial charge in [-0.3, -0.25) is 0 Å². The number of hydrogen-bond acceptors (Lipinski definition) is 4. The average molecular weight is 345 g/mol. The second kappa shape index (κ2) is 6.31. The van der Waals surface area contributed by atoms with Gasteiger partial charge in [-0.15, -0.1) is 0 Å². The molecule has 0 saturated carbocycles. The lowest BCUT2D eigenvalue weighted by atomic mass is 10.2. The minimum absolute atomic E-state index is 0.293. The predicted octanol–water partition coefficient (Wildman–Crippen LogP) is 3.52. The number of nitrogens with one attached hydrogen (secondary N) is 1. The number of rotatable bonds is 5. The molecule has 1 saturated heterocycles. The first-order valence-electron chi connectivity index (χ1n) is 7.05. The number of nitrogens with zero attached hydrogens (tertiary/aromatic N) is 2. The highest BCUT2D eigenvalue weighted by Crippen LogP contribution is 2.31. The lowest BCUT2D eigenvalue weighted by molar-refractivity contribution is -0.137. The monoisotopic (exact) mass is 345 g/mol. The number of carbonyl (C=O) groups excluding carboxylic acids is 1. The van der Waals surface area contributed by atoms with Gasteiger partial charge >= 0.3 is 12.3 Å². The largest absolute Gasteiger partial charge is 0.448 e. The fraction of sp³-hybridized carbons (Fsp3) is 0.429. The van der Waals surface area contributed by atoms with E-state index in [1.807, 2.05) is 0 Å². The number of carbonyl (C=O) groups is 1. The van der Waals surface area contributed by atoms with Crippen LogP contribution in [0.15, 0.2) is 23.4 Å². The molecule has 1 N–H and O–H groups in total. The summed E-state index contributed by atoms with van der Waals surface area (Å²) in [5, 5.41) is 0.573. The zero-order chi connectivity index (χ0) is 16.4. The first-order valence-corrected chi connectivity index (χ1v) is 8.03. The third-order valence-electron chi connectivity index (χ3n) is 3.44. The molecule has 0 unspecified atom stereocenters. The summed E-state index contributed by atoms with van der Waals surface area (Å²) in [7, 11) is 0. The number of halogens is 3. The van der Waals surface area contributed by atoms with E-state index in [2.05, 4.69) is 9.97 Å². The number of thioether (sulfide) groups is 1. The summed E-state index contributed by atoms with van der Waals surface area (Å²) in [5.41, 5.74) is 0.173. The number of ether oxygens (including phenoxy) is 1. The molecule has 0 aliphatic carbocycles. The molecule has 1 aliphatic heterocycles. The van der Waals surface area contributed by atoms with Crippen molar-refractivity contribution in [1.82, 2.24) is 14.9 Å². The van der Waals surface area contributed by atoms with Gasteiger partial charge in [-0.05, 0) is 24.6 Å². The maximum atomic E-state index is 12.7. The second-order valence-corrected chi connectivity index (χ2v) is 6.16. The van der Waals surface area contributed by atoms with E-state index in [0.29, 0.717) is 41.6 Å². The van der Waals surface area contributed by atoms with Crippen molar-refractivity contribution >= 4 is 28.9 Å². The van der Waals surface area contributed by atoms with Crippen molar-refractivity contribution in [1.29, 1.82) is 0 Å². The topological polar surface area (TPSA) is 58.2 Å². The van der Waals surface area contributed by atoms with E-state index in [-0.39, 0.29) is 6.09 Å². The number of alkyl halides is 3. The number of hydrogen-bond donors (Lipinski definition) is 1. The molecule has 5 nitrogen and oxygen atoms in total. The number of amides is 1. The minimum Gasteiger partial charge on any atom is -0.448 e. The SMILES string of the molecule is O=C1OCCN1CCCSc1nc2ccc(C(F)(F)F)cc2[nH]1. The van der Waals surface area contributed by atoms with Crippen LogP contribution >= 0.6 is 11.8 Å². The van der Waals surface area contributed by atoms with E-state index >= 15 is 0 Å². The fourth-order valence-corrected chi connectivity index (χ4v) is 3.10. The first-order chi connectivity index (χ1) is 10.9. The van der Waals surface area contributed by atoms with Crippen LogP contribution in [-0.2, 0) is 10.9 Å². The Bertz CT molecular complexity index is 717. The third-order valence-corrected chi connectivity index (χ3v) is 4.40. The van der Waals surface area contributed by atoms with Crippen LogP contribution < -0.4 is 0 Å². The molecule has 23 heavy (non-hydrogen) atoms. The van der Waals surface area contributed by atoms with E-state index < -0.39 is 11.7 Å². The Kier molecular flexibility index (Phi) is 4.38. The Labute approximate surface area is 134 Å². The molecule has 0 spiro atoms. The van der Waals surface area contributed by atoms with Crippen molar-refractivity contribution in [2.24, 2.45) is 0 Å². The van der Waals surface area contributed by atoms with Crippen LogP contribution in [0.5, 0.6) is 0 Å². The van der Waals surface area contributed by atoms with Crippen LogP contribution in [0.1, 0.15) is 12.0 Å². The second-order valence-electron chi connectivity index (χ2n) is 5.08. The summed E-state index contributed by atoms with van der Waals surface area (Å²) in [6.45, 7) is 1.63. The van der Waals surface area contributed by atoms with Crippen LogP contribution in [0.25, 0.3) is 11.0 Å². The van der Waals surface area contributed by atoms with Crippen LogP contribution in [0.2, 0.25) is 0 Å². The van der Waals surface area contributed by atoms with Gasteiger partial charge in [-0.2, -0.15) is 13.2 Å². The van der Waals surface area contributed by atoms with Gasteiger partial charge in [-0.1, -0.05) is 11.8 Å². The van der Waals surface area contributed by atoms with Crippen molar-refractivity contribution in [3.63, 3.8) is 0 Å². The standard InChI is InChI=1S/C14H14F3N3O2S/c15-14(16,17)9-2-3-10-11(8-9)19-12(18-10)23-7-1-4-20-5-6-22-13(20)21/h2-3,8H,1,4-7H2,(H,18,19). The number of aromatic amines is 1. The summed E-state index contributed by atoms with van der Waals surface area (Å²) >= 11 is 1.42. The minimum atomic E-state index is -4.36. The maximum absolute atomic E-state index is 12.7. The Morgan fingerprint density at radius 1 is 1.39 bits per heavy atom. The molecule has 124 valence electrons. The Morgan fingerprint density at radius 3 is 2.91 bits per heavy atom. The molecule has 1 aromatic heterocycles. The van der Waals surface area contributed by atoms with E-state index in [0.717, 1.165) is 18.6 Å². The summed E-state index contributed by atoms with van der Waals surface area (Å²) in [6, 6.07) is 3.45. The third kappa shape index (κ3) is 3.72. The molecule has 1 aromatic carbocycles. The molecule has 0 atom stereocenters. The predicted molar refractivity (Wildman–Crippen MR) is 79.4 cm³/mol. The smallest absolute Gasteiger partial charge is 0.416 e. The quantitative estimate of drug-likeness (QED) is 0.665. The summed E-state index contributed by atoms with van der Waals surface area (Å²) in [4.78, 5) is 20.0. The van der Waals surface area contributed by atoms with E-state index in [9.17, 15) is 18.0 Å². The Morgan fingerprint density at radius 2 is 2.22 bits per heavy atom. The van der Waals surface area contributed by atoms with E-state index in [4.69, 9.17) is 4.74 Å². The van der Waals surface area contributed by atoms with Gasteiger partial charge in [0.25, 0.3) is 0 Å². The van der Waals surface area contributed by atoms with Gasteiger partial charge in [0.05, 0.1) is 23.1 Å². The molecule has 3 rings (SSSR count). The number of H-pyrrole nitrogens is 1. The van der Waals surface area contributed by atoms with Crippen LogP contribution in [0, 0.1) is 0 Å². The number of cyclic esters (lactones) is 1. The molecule has 0 bridgehead atoms. The summed E-state index contributed by atoms with van der Waals surface area (Å²) in [5.74, 6) is 0.704. The van der Waals surface area contributed by atoms with Crippen LogP contribution in [0.4, 0.5) is 18.0 Å². The fourth-order valence-electron chi connectivity index (χ4n) is 2.28. The lowest BCUT2D eigenvalue weighted by Gasteiger charge is -2.11. The molecule has 0 radical (unpaired) electrons. The zero-order valence-corrected chi connectivity index (χ0v) is 12.8. The van der Waals surface area contributed by atoms with E-state index in [1.165, 1.54) is 17.8 Å². The van der Waals surface area contributed by atoms with Crippen LogP contribution in [-0.4, -0.2) is 46.4 Å². The Hall–Kier alpha value is -1.90. The molecule has 1 amide bonds. The van der Waals surface area contributed by atoms with Gasteiger partial charge in [-0.25, -0.2) is 9.78 Å². The molecular weight excluding hydrogens is 331 g/mol. The van der Waals surface area contributed by atoms with Gasteiger partial charge in [0, 0.05) is 12.3 Å². The maximum Gasteiger partial charge on any atom is 0.416 e. The highest BCUT2D eigenvalue weighted by molar-refractivity contribution is 7.99. The van der Waals surface area contributed by atoms with Crippen LogP contribution in [0.3, 0.4) is 0 Å². The highest BCUT2D eigenvalue weighted by atomic mass is 32.2. The summed E-state index contributed by atoms with van der Waals surface area (Å²) < 4.78 is 42.8. The molecular formula is C14H14F3N3O2S. The van der Waals surface area contributed by atoms with Gasteiger partial charge in [0.15, 0.2) is 5.16 Å². The molecule has 1 fully saturated rings. The number of imidazole rings is 1. The van der Waals surface area contributed by atoms with Crippen molar-refractivity contribution < 1.29 is 22.7 Å². The normalized spacial score (nSPS) is 15.4. The molecule has 2 heterocycles. The van der Waals surface area contributed by atoms with Crippen molar-refractivity contribution in [3.05, 3.63) is 23.8 Å². The van der Waals surface area contributed by atoms with Crippen molar-refractivity contribution in [2.75, 3.05) is 25.4 Å².